The number of phenolic OH excluding ortho intramolecular Hbond substituents is 1. The molecular formula is C29H47N3O. The maximum atomic E-state index is 10.2. The number of allylic oxidation sites excluding steroid dienone is 2. The van der Waals surface area contributed by atoms with Crippen LogP contribution in [0.3, 0.4) is 0 Å². The van der Waals surface area contributed by atoms with E-state index in [9.17, 15) is 5.11 Å². The first kappa shape index (κ1) is 25.5. The molecule has 0 spiro atoms. The highest BCUT2D eigenvalue weighted by Crippen LogP contribution is 2.38. The van der Waals surface area contributed by atoms with Crippen molar-refractivity contribution in [2.75, 3.05) is 0 Å². The Hall–Kier alpha value is -2.10. The van der Waals surface area contributed by atoms with Crippen LogP contribution in [0, 0.1) is 23.7 Å². The van der Waals surface area contributed by atoms with Gasteiger partial charge in [-0.25, -0.2) is 0 Å². The minimum absolute atomic E-state index is 0.184. The molecule has 1 aromatic carbocycles. The van der Waals surface area contributed by atoms with Gasteiger partial charge in [-0.3, -0.25) is 0 Å². The Kier molecular flexibility index (Phi) is 10.0. The van der Waals surface area contributed by atoms with E-state index in [0.717, 1.165) is 36.2 Å². The molecule has 0 bridgehead atoms. The van der Waals surface area contributed by atoms with Gasteiger partial charge in [-0.15, -0.1) is 0 Å². The van der Waals surface area contributed by atoms with Crippen LogP contribution in [0.4, 0.5) is 0 Å². The zero-order chi connectivity index (χ0) is 23.6. The van der Waals surface area contributed by atoms with Crippen molar-refractivity contribution in [3.05, 3.63) is 47.3 Å². The van der Waals surface area contributed by atoms with Gasteiger partial charge in [-0.05, 0) is 60.3 Å². The van der Waals surface area contributed by atoms with Crippen LogP contribution >= 0.6 is 0 Å². The van der Waals surface area contributed by atoms with Crippen molar-refractivity contribution in [3.8, 4) is 5.75 Å². The summed E-state index contributed by atoms with van der Waals surface area (Å²) in [5.41, 5.74) is 20.8. The Morgan fingerprint density at radius 2 is 1.30 bits per heavy atom. The number of hydrogen-bond donors (Lipinski definition) is 4. The van der Waals surface area contributed by atoms with Crippen LogP contribution in [0.1, 0.15) is 102 Å². The highest BCUT2D eigenvalue weighted by molar-refractivity contribution is 5.70. The van der Waals surface area contributed by atoms with Crippen molar-refractivity contribution in [2.45, 2.75) is 96.8 Å². The summed E-state index contributed by atoms with van der Waals surface area (Å²) < 4.78 is 0. The first-order chi connectivity index (χ1) is 16.0. The Bertz CT molecular complexity index is 786. The van der Waals surface area contributed by atoms with Gasteiger partial charge in [0.25, 0.3) is 0 Å². The highest BCUT2D eigenvalue weighted by atomic mass is 16.3. The number of para-hydroxylation sites is 1. The third-order valence-electron chi connectivity index (χ3n) is 8.26. The second kappa shape index (κ2) is 13.0. The van der Waals surface area contributed by atoms with Gasteiger partial charge in [0.15, 0.2) is 0 Å². The standard InChI is InChI=1S/C29H47N3O/c1-21-10-7-14-23(15-8-11-21)22-12-3-2-4-13-24(17-9-16-22)26(29(31)32)20-27(30)25-18-5-6-19-28(25)33/h5-6,18-24,33H,2-4,7-17,30-32H2,1H3/b27-20-. The summed E-state index contributed by atoms with van der Waals surface area (Å²) >= 11 is 0. The molecule has 33 heavy (non-hydrogen) atoms. The van der Waals surface area contributed by atoms with E-state index in [1.807, 2.05) is 18.2 Å². The number of nitrogens with two attached hydrogens (primary N) is 3. The lowest BCUT2D eigenvalue weighted by molar-refractivity contribution is 0.210. The van der Waals surface area contributed by atoms with Gasteiger partial charge in [0, 0.05) is 11.3 Å². The van der Waals surface area contributed by atoms with Crippen molar-refractivity contribution >= 4 is 5.70 Å². The van der Waals surface area contributed by atoms with Crippen LogP contribution in [0.15, 0.2) is 41.7 Å². The molecule has 2 aliphatic carbocycles. The third kappa shape index (κ3) is 7.72. The van der Waals surface area contributed by atoms with Crippen LogP contribution in [0.25, 0.3) is 5.70 Å². The van der Waals surface area contributed by atoms with Crippen molar-refractivity contribution in [2.24, 2.45) is 40.9 Å². The number of benzene rings is 1. The molecule has 3 rings (SSSR count). The largest absolute Gasteiger partial charge is 0.507 e. The van der Waals surface area contributed by atoms with Crippen LogP contribution in [0.5, 0.6) is 5.75 Å². The summed E-state index contributed by atoms with van der Waals surface area (Å²) in [4.78, 5) is 0. The van der Waals surface area contributed by atoms with E-state index in [2.05, 4.69) is 6.92 Å². The molecular weight excluding hydrogens is 406 g/mol. The fourth-order valence-electron chi connectivity index (χ4n) is 6.29. The smallest absolute Gasteiger partial charge is 0.124 e. The van der Waals surface area contributed by atoms with E-state index in [0.29, 0.717) is 23.0 Å². The van der Waals surface area contributed by atoms with E-state index in [1.165, 1.54) is 77.0 Å². The predicted octanol–water partition coefficient (Wildman–Crippen LogP) is 6.79. The van der Waals surface area contributed by atoms with E-state index in [-0.39, 0.29) is 5.75 Å². The van der Waals surface area contributed by atoms with Gasteiger partial charge < -0.3 is 22.3 Å². The lowest BCUT2D eigenvalue weighted by atomic mass is 9.74. The number of aromatic hydroxyl groups is 1. The predicted molar refractivity (Wildman–Crippen MR) is 140 cm³/mol. The van der Waals surface area contributed by atoms with E-state index in [1.54, 1.807) is 12.1 Å². The number of phenols is 1. The Morgan fingerprint density at radius 3 is 1.94 bits per heavy atom. The second-order valence-corrected chi connectivity index (χ2v) is 10.8. The molecule has 184 valence electrons. The van der Waals surface area contributed by atoms with Crippen molar-refractivity contribution < 1.29 is 5.11 Å². The van der Waals surface area contributed by atoms with Crippen LogP contribution in [-0.4, -0.2) is 5.11 Å². The van der Waals surface area contributed by atoms with Gasteiger partial charge in [-0.2, -0.15) is 0 Å². The van der Waals surface area contributed by atoms with Crippen molar-refractivity contribution in [1.29, 1.82) is 0 Å². The molecule has 7 N–H and O–H groups in total. The molecule has 4 heteroatoms. The van der Waals surface area contributed by atoms with Crippen LogP contribution in [-0.2, 0) is 0 Å². The molecule has 2 aliphatic rings. The molecule has 0 radical (unpaired) electrons. The van der Waals surface area contributed by atoms with Gasteiger partial charge in [-0.1, -0.05) is 96.1 Å². The van der Waals surface area contributed by atoms with Gasteiger partial charge in [0.1, 0.15) is 5.75 Å². The number of rotatable bonds is 4. The number of hydrogen-bond acceptors (Lipinski definition) is 4. The summed E-state index contributed by atoms with van der Waals surface area (Å²) in [6, 6.07) is 7.17. The lowest BCUT2D eigenvalue weighted by Crippen LogP contribution is -2.21. The monoisotopic (exact) mass is 453 g/mol. The molecule has 0 aliphatic heterocycles. The average Bonchev–Trinajstić information content (AvgIpc) is 2.78. The fraction of sp³-hybridized carbons (Fsp3) is 0.655. The first-order valence-corrected chi connectivity index (χ1v) is 13.5. The van der Waals surface area contributed by atoms with Gasteiger partial charge in [0.2, 0.25) is 0 Å². The molecule has 0 saturated heterocycles. The first-order valence-electron chi connectivity index (χ1n) is 13.5. The molecule has 0 heterocycles. The zero-order valence-electron chi connectivity index (χ0n) is 20.8. The molecule has 0 aromatic heterocycles. The van der Waals surface area contributed by atoms with E-state index >= 15 is 0 Å². The van der Waals surface area contributed by atoms with Crippen LogP contribution < -0.4 is 17.2 Å². The molecule has 4 nitrogen and oxygen atoms in total. The summed E-state index contributed by atoms with van der Waals surface area (Å²) in [6.45, 7) is 2.43. The minimum atomic E-state index is 0.184. The summed E-state index contributed by atoms with van der Waals surface area (Å²) in [5.74, 6) is 3.59. The van der Waals surface area contributed by atoms with Crippen LogP contribution in [0.2, 0.25) is 0 Å². The van der Waals surface area contributed by atoms with Gasteiger partial charge >= 0.3 is 0 Å². The minimum Gasteiger partial charge on any atom is -0.507 e. The Labute approximate surface area is 201 Å². The topological polar surface area (TPSA) is 98.3 Å². The molecule has 2 saturated carbocycles. The quantitative estimate of drug-likeness (QED) is 0.377. The average molecular weight is 454 g/mol. The summed E-state index contributed by atoms with van der Waals surface area (Å²) in [7, 11) is 0. The maximum Gasteiger partial charge on any atom is 0.124 e. The maximum absolute atomic E-state index is 10.2. The molecule has 2 atom stereocenters. The van der Waals surface area contributed by atoms with E-state index in [4.69, 9.17) is 17.2 Å². The van der Waals surface area contributed by atoms with E-state index < -0.39 is 0 Å². The van der Waals surface area contributed by atoms with Crippen molar-refractivity contribution in [3.63, 3.8) is 0 Å². The SMILES string of the molecule is CC1CCCC(C2CCCCCC(C(/C=C(\N)c3ccccc3O)=C(N)N)CCC2)CCC1. The summed E-state index contributed by atoms with van der Waals surface area (Å²) in [6.07, 6.45) is 20.4. The zero-order valence-corrected chi connectivity index (χ0v) is 20.8. The normalized spacial score (nSPS) is 28.3. The molecule has 2 unspecified atom stereocenters. The second-order valence-electron chi connectivity index (χ2n) is 10.8. The highest BCUT2D eigenvalue weighted by Gasteiger charge is 2.25. The fourth-order valence-corrected chi connectivity index (χ4v) is 6.29. The summed E-state index contributed by atoms with van der Waals surface area (Å²) in [5, 5.41) is 10.2. The molecule has 0 amide bonds. The van der Waals surface area contributed by atoms with Crippen molar-refractivity contribution in [1.82, 2.24) is 0 Å². The Morgan fingerprint density at radius 1 is 0.758 bits per heavy atom. The Balaban J connectivity index is 1.68. The molecule has 2 fully saturated rings. The van der Waals surface area contributed by atoms with Gasteiger partial charge in [0.05, 0.1) is 5.82 Å². The lowest BCUT2D eigenvalue weighted by Gasteiger charge is -2.31. The third-order valence-corrected chi connectivity index (χ3v) is 8.26. The molecule has 1 aromatic rings.